The van der Waals surface area contributed by atoms with E-state index < -0.39 is 112 Å². The highest BCUT2D eigenvalue weighted by atomic mass is 19.1. The first-order valence-electron chi connectivity index (χ1n) is 25.3. The van der Waals surface area contributed by atoms with Crippen LogP contribution in [0.5, 0.6) is 23.0 Å². The number of ketones is 1. The van der Waals surface area contributed by atoms with Crippen molar-refractivity contribution in [3.63, 3.8) is 0 Å². The molecule has 10 atom stereocenters. The van der Waals surface area contributed by atoms with Crippen LogP contribution in [0.3, 0.4) is 0 Å². The summed E-state index contributed by atoms with van der Waals surface area (Å²) in [6.45, 7) is 16.4. The molecule has 402 valence electrons. The molecule has 75 heavy (non-hydrogen) atoms. The standard InChI is InChI=1S/C56H67FN4O14/c1-25-13-12-14-26(2)54(69)59-43-37(22-58-75-35-17-19-60(23-35)45-29(5)44-36(34-15-16-34)21-27(3)55(70)61(44)24-38(45)57)49(66)40-41(50(43)67)48(65)32(8)52-42(40)53(68)56(10,74-52)72-20-18-39(71-11)28(4)51(73-33(9)62)31(7)47(64)30(6)46(25)63/h12-14,18,20-22,24-25,28,30-31,34-35,39,46-47,51,63-67H,15-17,19,23H2,1-11H3,(H,59,69)/b13-12+,20-18+,26-14-,58-22-/t25-,28+,30+,31+,35?,39-,46-,47+,51+,56-/m0/s1. The summed E-state index contributed by atoms with van der Waals surface area (Å²) in [7, 11) is 1.42. The third-order valence-corrected chi connectivity index (χ3v) is 15.5. The van der Waals surface area contributed by atoms with Gasteiger partial charge in [-0.1, -0.05) is 51.1 Å². The number of hydrogen-bond donors (Lipinski definition) is 6. The SMILES string of the molecule is CO[C@H]1/C=C/O[C@@]2(C)Oc3c(C)c(O)c4c(O)c(c(/C=N\OC5CCN(c6c(F)cn7c(=O)c(C)cc(C8CC8)c7c6C)C5)c(O)c4c3C2=O)NC(=O)/C(C)=C\C=C\[C@H](C)[C@H](O)[C@@H](C)[C@@H](O)[C@@H](C)[C@H](OC(C)=O)[C@@H]1C. The average molecular weight is 1040 g/mol. The minimum absolute atomic E-state index is 0.00822. The van der Waals surface area contributed by atoms with E-state index in [1.54, 1.807) is 53.7 Å². The number of halogens is 1. The summed E-state index contributed by atoms with van der Waals surface area (Å²) in [5.74, 6) is -9.50. The van der Waals surface area contributed by atoms with E-state index in [2.05, 4.69) is 10.5 Å². The van der Waals surface area contributed by atoms with Gasteiger partial charge >= 0.3 is 11.8 Å². The summed E-state index contributed by atoms with van der Waals surface area (Å²) in [6.07, 6.45) is 7.22. The van der Waals surface area contributed by atoms with E-state index in [0.717, 1.165) is 24.6 Å². The predicted octanol–water partition coefficient (Wildman–Crippen LogP) is 7.63. The smallest absolute Gasteiger partial charge is 0.312 e. The lowest BCUT2D eigenvalue weighted by molar-refractivity contribution is -0.160. The molecule has 0 spiro atoms. The van der Waals surface area contributed by atoms with Crippen LogP contribution in [0.2, 0.25) is 0 Å². The summed E-state index contributed by atoms with van der Waals surface area (Å²) in [6, 6.07) is 1.90. The minimum atomic E-state index is -2.13. The Hall–Kier alpha value is -6.96. The van der Waals surface area contributed by atoms with Crippen LogP contribution in [0.1, 0.15) is 112 Å². The Morgan fingerprint density at radius 2 is 1.64 bits per heavy atom. The number of nitrogens with one attached hydrogen (secondary N) is 1. The maximum Gasteiger partial charge on any atom is 0.312 e. The third-order valence-electron chi connectivity index (χ3n) is 15.5. The lowest BCUT2D eigenvalue weighted by atomic mass is 9.78. The van der Waals surface area contributed by atoms with Crippen molar-refractivity contribution in [1.82, 2.24) is 4.40 Å². The number of phenolic OH excluding ortho intramolecular Hbond substituents is 3. The van der Waals surface area contributed by atoms with E-state index >= 15 is 4.39 Å². The number of anilines is 2. The van der Waals surface area contributed by atoms with Crippen LogP contribution in [-0.2, 0) is 28.6 Å². The summed E-state index contributed by atoms with van der Waals surface area (Å²) in [4.78, 5) is 62.1. The van der Waals surface area contributed by atoms with E-state index in [1.807, 2.05) is 11.0 Å². The monoisotopic (exact) mass is 1040 g/mol. The first-order chi connectivity index (χ1) is 35.4. The van der Waals surface area contributed by atoms with Crippen molar-refractivity contribution in [2.45, 2.75) is 131 Å². The number of amides is 1. The number of carbonyl (C=O) groups excluding carboxylic acids is 3. The number of ether oxygens (including phenoxy) is 4. The number of esters is 1. The quantitative estimate of drug-likeness (QED) is 0.0342. The van der Waals surface area contributed by atoms with Gasteiger partial charge in [0.25, 0.3) is 17.2 Å². The molecule has 2 fully saturated rings. The average Bonchev–Trinajstić information content (AvgIpc) is 4.06. The summed E-state index contributed by atoms with van der Waals surface area (Å²) in [5, 5.41) is 65.4. The molecule has 6 heterocycles. The van der Waals surface area contributed by atoms with Crippen LogP contribution in [0.15, 0.2) is 58.4 Å². The molecule has 5 bridgehead atoms. The Morgan fingerprint density at radius 3 is 2.31 bits per heavy atom. The second kappa shape index (κ2) is 21.0. The molecule has 9 rings (SSSR count). The second-order valence-corrected chi connectivity index (χ2v) is 20.8. The van der Waals surface area contributed by atoms with Crippen LogP contribution in [-0.4, -0.2) is 110 Å². The predicted molar refractivity (Wildman–Crippen MR) is 278 cm³/mol. The topological polar surface area (TPSA) is 248 Å². The maximum absolute atomic E-state index is 16.1. The molecule has 1 amide bonds. The molecule has 5 aliphatic rings. The first kappa shape index (κ1) is 54.3. The lowest BCUT2D eigenvalue weighted by Crippen LogP contribution is -2.46. The van der Waals surface area contributed by atoms with Crippen molar-refractivity contribution < 1.29 is 68.1 Å². The molecule has 0 radical (unpaired) electrons. The molecule has 4 aliphatic heterocycles. The molecule has 19 heteroatoms. The van der Waals surface area contributed by atoms with Gasteiger partial charge in [-0.2, -0.15) is 0 Å². The largest absolute Gasteiger partial charge is 0.507 e. The molecular weight excluding hydrogens is 972 g/mol. The van der Waals surface area contributed by atoms with Gasteiger partial charge in [0, 0.05) is 79.7 Å². The van der Waals surface area contributed by atoms with Crippen LogP contribution >= 0.6 is 0 Å². The number of aromatic hydroxyl groups is 3. The Morgan fingerprint density at radius 1 is 0.933 bits per heavy atom. The third kappa shape index (κ3) is 9.92. The zero-order chi connectivity index (χ0) is 54.7. The summed E-state index contributed by atoms with van der Waals surface area (Å²) < 4.78 is 41.2. The molecule has 1 saturated heterocycles. The summed E-state index contributed by atoms with van der Waals surface area (Å²) in [5.41, 5.74) is 1.99. The highest BCUT2D eigenvalue weighted by Crippen LogP contribution is 2.55. The van der Waals surface area contributed by atoms with Gasteiger partial charge in [0.05, 0.1) is 76.9 Å². The van der Waals surface area contributed by atoms with Crippen molar-refractivity contribution in [2.24, 2.45) is 28.8 Å². The van der Waals surface area contributed by atoms with Gasteiger partial charge in [-0.25, -0.2) is 4.39 Å². The van der Waals surface area contributed by atoms with Crippen molar-refractivity contribution in [2.75, 3.05) is 30.4 Å². The van der Waals surface area contributed by atoms with Crippen LogP contribution in [0.4, 0.5) is 15.8 Å². The molecule has 1 aliphatic carbocycles. The lowest BCUT2D eigenvalue weighted by Gasteiger charge is -2.38. The molecule has 1 saturated carbocycles. The van der Waals surface area contributed by atoms with Gasteiger partial charge in [-0.15, -0.1) is 0 Å². The zero-order valence-electron chi connectivity index (χ0n) is 44.1. The number of benzene rings is 2. The highest BCUT2D eigenvalue weighted by molar-refractivity contribution is 6.23. The van der Waals surface area contributed by atoms with Crippen LogP contribution in [0, 0.1) is 50.3 Å². The number of aliphatic hydroxyl groups excluding tert-OH is 2. The fourth-order valence-corrected chi connectivity index (χ4v) is 10.9. The fraction of sp³-hybridized carbons (Fsp3) is 0.482. The number of pyridine rings is 2. The Labute approximate surface area is 433 Å². The van der Waals surface area contributed by atoms with Crippen molar-refractivity contribution in [3.05, 3.63) is 98.0 Å². The second-order valence-electron chi connectivity index (χ2n) is 20.8. The maximum atomic E-state index is 16.1. The van der Waals surface area contributed by atoms with Gasteiger partial charge in [0.15, 0.2) is 11.6 Å². The van der Waals surface area contributed by atoms with Gasteiger partial charge in [-0.3, -0.25) is 23.6 Å². The molecule has 4 aromatic rings. The number of nitrogens with zero attached hydrogens (tertiary/aromatic N) is 3. The van der Waals surface area contributed by atoms with E-state index in [-0.39, 0.29) is 51.4 Å². The molecular formula is C56H67FN4O14. The Bertz CT molecular complexity index is 3160. The zero-order valence-corrected chi connectivity index (χ0v) is 44.1. The number of Topliss-reactive ketones (excluding diaryl/α,β-unsaturated/α-hetero) is 1. The molecule has 18 nitrogen and oxygen atoms in total. The van der Waals surface area contributed by atoms with Gasteiger partial charge < -0.3 is 59.5 Å². The number of aliphatic hydroxyl groups is 2. The number of phenols is 3. The van der Waals surface area contributed by atoms with E-state index in [1.165, 1.54) is 63.8 Å². The van der Waals surface area contributed by atoms with Crippen LogP contribution in [0.25, 0.3) is 16.3 Å². The first-order valence-corrected chi connectivity index (χ1v) is 25.3. The van der Waals surface area contributed by atoms with Crippen LogP contribution < -0.4 is 20.5 Å². The number of methoxy groups -OCH3 is 1. The minimum Gasteiger partial charge on any atom is -0.507 e. The molecule has 2 aromatic heterocycles. The van der Waals surface area contributed by atoms with Crippen molar-refractivity contribution >= 4 is 51.5 Å². The number of rotatable bonds is 7. The van der Waals surface area contributed by atoms with E-state index in [9.17, 15) is 44.7 Å². The molecule has 2 aromatic carbocycles. The number of aryl methyl sites for hydroxylation is 2. The van der Waals surface area contributed by atoms with E-state index in [0.29, 0.717) is 35.3 Å². The van der Waals surface area contributed by atoms with Gasteiger partial charge in [-0.05, 0) is 69.7 Å². The van der Waals surface area contributed by atoms with Gasteiger partial charge in [0.1, 0.15) is 29.5 Å². The Kier molecular flexibility index (Phi) is 15.2. The number of oxime groups is 1. The number of fused-ring (bicyclic) bond motifs is 15. The number of hydrogen-bond acceptors (Lipinski definition) is 16. The molecule has 6 N–H and O–H groups in total. The van der Waals surface area contributed by atoms with Crippen molar-refractivity contribution in [3.8, 4) is 23.0 Å². The number of carbonyl (C=O) groups is 3. The molecule has 1 unspecified atom stereocenters. The Balaban J connectivity index is 1.19. The van der Waals surface area contributed by atoms with Gasteiger partial charge in [0.2, 0.25) is 0 Å². The highest BCUT2D eigenvalue weighted by Gasteiger charge is 2.50. The number of allylic oxidation sites excluding steroid dienone is 2. The summed E-state index contributed by atoms with van der Waals surface area (Å²) >= 11 is 0. The van der Waals surface area contributed by atoms with Crippen molar-refractivity contribution in [1.29, 1.82) is 0 Å². The number of aromatic nitrogens is 1. The fourth-order valence-electron chi connectivity index (χ4n) is 10.9. The van der Waals surface area contributed by atoms with E-state index in [4.69, 9.17) is 23.8 Å². The normalized spacial score (nSPS) is 29.3.